The second kappa shape index (κ2) is 3.52. The molecule has 1 aromatic heterocycles. The van der Waals surface area contributed by atoms with Crippen molar-refractivity contribution in [3.8, 4) is 0 Å². The topological polar surface area (TPSA) is 66.9 Å². The molecule has 0 unspecified atom stereocenters. The molecular weight excluding hydrogens is 204 g/mol. The predicted octanol–water partition coefficient (Wildman–Crippen LogP) is -0.0416. The molecule has 2 N–H and O–H groups in total. The van der Waals surface area contributed by atoms with Gasteiger partial charge in [0.05, 0.1) is 6.20 Å². The fraction of sp³-hybridized carbons (Fsp3) is 0.545. The lowest BCUT2D eigenvalue weighted by Crippen LogP contribution is -2.65. The van der Waals surface area contributed by atoms with E-state index in [4.69, 9.17) is 0 Å². The fourth-order valence-corrected chi connectivity index (χ4v) is 2.53. The lowest BCUT2D eigenvalue weighted by molar-refractivity contribution is 0.0231. The van der Waals surface area contributed by atoms with E-state index in [0.29, 0.717) is 17.2 Å². The molecular formula is C11H14N4O. The van der Waals surface area contributed by atoms with Crippen molar-refractivity contribution >= 4 is 5.91 Å². The van der Waals surface area contributed by atoms with Gasteiger partial charge in [-0.2, -0.15) is 0 Å². The van der Waals surface area contributed by atoms with E-state index in [-0.39, 0.29) is 5.91 Å². The molecule has 1 saturated carbocycles. The van der Waals surface area contributed by atoms with Crippen LogP contribution in [0.3, 0.4) is 0 Å². The van der Waals surface area contributed by atoms with Gasteiger partial charge in [-0.1, -0.05) is 0 Å². The van der Waals surface area contributed by atoms with Crippen LogP contribution < -0.4 is 10.6 Å². The number of carbonyl (C=O) groups is 1. The SMILES string of the molecule is O=C(NC1CC2(CNC2)C1)c1cnccn1. The maximum atomic E-state index is 11.7. The summed E-state index contributed by atoms with van der Waals surface area (Å²) in [5, 5.41) is 6.26. The van der Waals surface area contributed by atoms with Crippen LogP contribution in [0.25, 0.3) is 0 Å². The van der Waals surface area contributed by atoms with Crippen LogP contribution in [0.5, 0.6) is 0 Å². The number of hydrogen-bond acceptors (Lipinski definition) is 4. The zero-order chi connectivity index (χ0) is 11.0. The maximum absolute atomic E-state index is 11.7. The fourth-order valence-electron chi connectivity index (χ4n) is 2.53. The first-order valence-corrected chi connectivity index (χ1v) is 5.55. The van der Waals surface area contributed by atoms with Crippen LogP contribution >= 0.6 is 0 Å². The van der Waals surface area contributed by atoms with Crippen molar-refractivity contribution in [1.82, 2.24) is 20.6 Å². The second-order valence-corrected chi connectivity index (χ2v) is 4.77. The van der Waals surface area contributed by atoms with E-state index in [1.54, 1.807) is 6.20 Å². The summed E-state index contributed by atoms with van der Waals surface area (Å²) in [5.74, 6) is -0.111. The monoisotopic (exact) mass is 218 g/mol. The summed E-state index contributed by atoms with van der Waals surface area (Å²) in [6.45, 7) is 2.20. The molecule has 1 aromatic rings. The molecule has 1 aliphatic heterocycles. The van der Waals surface area contributed by atoms with Gasteiger partial charge >= 0.3 is 0 Å². The standard InChI is InChI=1S/C11H14N4O/c16-10(9-5-12-1-2-14-9)15-8-3-11(4-8)6-13-7-11/h1-2,5,8,13H,3-4,6-7H2,(H,15,16). The molecule has 2 aliphatic rings. The van der Waals surface area contributed by atoms with Crippen LogP contribution in [-0.4, -0.2) is 35.0 Å². The maximum Gasteiger partial charge on any atom is 0.271 e. The second-order valence-electron chi connectivity index (χ2n) is 4.77. The van der Waals surface area contributed by atoms with E-state index in [9.17, 15) is 4.79 Å². The Bertz CT molecular complexity index is 394. The average Bonchev–Trinajstić information content (AvgIpc) is 2.21. The molecule has 5 nitrogen and oxygen atoms in total. The smallest absolute Gasteiger partial charge is 0.271 e. The molecule has 84 valence electrons. The number of nitrogens with one attached hydrogen (secondary N) is 2. The van der Waals surface area contributed by atoms with Gasteiger partial charge in [0, 0.05) is 31.5 Å². The highest BCUT2D eigenvalue weighted by molar-refractivity contribution is 5.92. The average molecular weight is 218 g/mol. The Balaban J connectivity index is 1.55. The number of aromatic nitrogens is 2. The highest BCUT2D eigenvalue weighted by atomic mass is 16.1. The quantitative estimate of drug-likeness (QED) is 0.731. The number of rotatable bonds is 2. The van der Waals surface area contributed by atoms with Gasteiger partial charge in [-0.05, 0) is 18.3 Å². The van der Waals surface area contributed by atoms with Crippen LogP contribution in [0.4, 0.5) is 0 Å². The van der Waals surface area contributed by atoms with E-state index in [1.807, 2.05) is 0 Å². The van der Waals surface area contributed by atoms with Crippen molar-refractivity contribution in [2.24, 2.45) is 5.41 Å². The summed E-state index contributed by atoms with van der Waals surface area (Å²) in [6, 6.07) is 0.316. The first-order chi connectivity index (χ1) is 7.77. The van der Waals surface area contributed by atoms with Crippen molar-refractivity contribution in [1.29, 1.82) is 0 Å². The van der Waals surface area contributed by atoms with Gasteiger partial charge in [-0.25, -0.2) is 4.98 Å². The summed E-state index contributed by atoms with van der Waals surface area (Å²) in [7, 11) is 0. The first-order valence-electron chi connectivity index (χ1n) is 5.55. The molecule has 0 aromatic carbocycles. The number of amides is 1. The summed E-state index contributed by atoms with van der Waals surface area (Å²) < 4.78 is 0. The van der Waals surface area contributed by atoms with Crippen LogP contribution in [0.2, 0.25) is 0 Å². The van der Waals surface area contributed by atoms with Gasteiger partial charge in [-0.3, -0.25) is 9.78 Å². The third-order valence-corrected chi connectivity index (χ3v) is 3.49. The molecule has 1 saturated heterocycles. The Morgan fingerprint density at radius 2 is 2.25 bits per heavy atom. The van der Waals surface area contributed by atoms with Crippen molar-refractivity contribution in [2.75, 3.05) is 13.1 Å². The number of carbonyl (C=O) groups excluding carboxylic acids is 1. The van der Waals surface area contributed by atoms with Crippen molar-refractivity contribution in [3.63, 3.8) is 0 Å². The summed E-state index contributed by atoms with van der Waals surface area (Å²) in [5.41, 5.74) is 0.885. The lowest BCUT2D eigenvalue weighted by Gasteiger charge is -2.54. The Kier molecular flexibility index (Phi) is 2.14. The minimum atomic E-state index is -0.111. The first kappa shape index (κ1) is 9.72. The predicted molar refractivity (Wildman–Crippen MR) is 57.8 cm³/mol. The Hall–Kier alpha value is -1.49. The molecule has 5 heteroatoms. The molecule has 2 heterocycles. The Morgan fingerprint density at radius 3 is 2.81 bits per heavy atom. The van der Waals surface area contributed by atoms with Gasteiger partial charge in [0.1, 0.15) is 5.69 Å². The summed E-state index contributed by atoms with van der Waals surface area (Å²) in [6.07, 6.45) is 6.77. The van der Waals surface area contributed by atoms with Crippen molar-refractivity contribution < 1.29 is 4.79 Å². The Morgan fingerprint density at radius 1 is 1.44 bits per heavy atom. The molecule has 3 rings (SSSR count). The third kappa shape index (κ3) is 1.57. The van der Waals surface area contributed by atoms with E-state index >= 15 is 0 Å². The van der Waals surface area contributed by atoms with Gasteiger partial charge in [0.15, 0.2) is 0 Å². The zero-order valence-corrected chi connectivity index (χ0v) is 8.94. The molecule has 16 heavy (non-hydrogen) atoms. The highest BCUT2D eigenvalue weighted by Gasteiger charge is 2.48. The van der Waals surface area contributed by atoms with E-state index < -0.39 is 0 Å². The van der Waals surface area contributed by atoms with Crippen LogP contribution in [-0.2, 0) is 0 Å². The summed E-state index contributed by atoms with van der Waals surface area (Å²) in [4.78, 5) is 19.6. The van der Waals surface area contributed by atoms with Crippen molar-refractivity contribution in [3.05, 3.63) is 24.3 Å². The van der Waals surface area contributed by atoms with Gasteiger partial charge in [0.25, 0.3) is 5.91 Å². The Labute approximate surface area is 93.7 Å². The normalized spacial score (nSPS) is 22.2. The van der Waals surface area contributed by atoms with Crippen molar-refractivity contribution in [2.45, 2.75) is 18.9 Å². The highest BCUT2D eigenvalue weighted by Crippen LogP contribution is 2.44. The minimum Gasteiger partial charge on any atom is -0.348 e. The molecule has 2 fully saturated rings. The van der Waals surface area contributed by atoms with Gasteiger partial charge in [0.2, 0.25) is 0 Å². The largest absolute Gasteiger partial charge is 0.348 e. The number of nitrogens with zero attached hydrogens (tertiary/aromatic N) is 2. The zero-order valence-electron chi connectivity index (χ0n) is 8.94. The molecule has 0 atom stereocenters. The van der Waals surface area contributed by atoms with E-state index in [2.05, 4.69) is 20.6 Å². The van der Waals surface area contributed by atoms with Gasteiger partial charge < -0.3 is 10.6 Å². The van der Waals surface area contributed by atoms with E-state index in [0.717, 1.165) is 25.9 Å². The lowest BCUT2D eigenvalue weighted by atomic mass is 9.61. The summed E-state index contributed by atoms with van der Waals surface area (Å²) >= 11 is 0. The molecule has 0 radical (unpaired) electrons. The van der Waals surface area contributed by atoms with Crippen LogP contribution in [0.15, 0.2) is 18.6 Å². The number of hydrogen-bond donors (Lipinski definition) is 2. The van der Waals surface area contributed by atoms with Crippen LogP contribution in [0.1, 0.15) is 23.3 Å². The molecule has 1 spiro atoms. The van der Waals surface area contributed by atoms with Gasteiger partial charge in [-0.15, -0.1) is 0 Å². The minimum absolute atomic E-state index is 0.111. The van der Waals surface area contributed by atoms with Crippen LogP contribution in [0, 0.1) is 5.41 Å². The third-order valence-electron chi connectivity index (χ3n) is 3.49. The van der Waals surface area contributed by atoms with E-state index in [1.165, 1.54) is 12.4 Å². The molecule has 0 bridgehead atoms. The molecule has 1 aliphatic carbocycles. The molecule has 1 amide bonds.